The summed E-state index contributed by atoms with van der Waals surface area (Å²) in [6, 6.07) is 7.55. The second kappa shape index (κ2) is 7.18. The quantitative estimate of drug-likeness (QED) is 0.437. The Labute approximate surface area is 170 Å². The van der Waals surface area contributed by atoms with Crippen molar-refractivity contribution in [3.63, 3.8) is 0 Å². The van der Waals surface area contributed by atoms with Gasteiger partial charge in [-0.25, -0.2) is 9.97 Å². The summed E-state index contributed by atoms with van der Waals surface area (Å²) < 4.78 is 11.1. The van der Waals surface area contributed by atoms with Crippen molar-refractivity contribution in [2.24, 2.45) is 5.92 Å². The molecule has 0 amide bonds. The molecule has 0 bridgehead atoms. The van der Waals surface area contributed by atoms with Gasteiger partial charge >= 0.3 is 0 Å². The lowest BCUT2D eigenvalue weighted by molar-refractivity contribution is 0.414. The summed E-state index contributed by atoms with van der Waals surface area (Å²) in [5.41, 5.74) is 2.26. The number of aromatic nitrogens is 4. The minimum Gasteiger partial charge on any atom is -0.497 e. The number of hydrogen-bond donors (Lipinski definition) is 0. The molecule has 3 aromatic heterocycles. The maximum atomic E-state index is 5.88. The normalized spacial score (nSPS) is 16.3. The van der Waals surface area contributed by atoms with Gasteiger partial charge in [0.15, 0.2) is 0 Å². The van der Waals surface area contributed by atoms with E-state index in [2.05, 4.69) is 27.1 Å². The summed E-state index contributed by atoms with van der Waals surface area (Å²) in [4.78, 5) is 11.5. The molecule has 1 aliphatic carbocycles. The van der Waals surface area contributed by atoms with Crippen LogP contribution in [0, 0.1) is 5.92 Å². The van der Waals surface area contributed by atoms with E-state index in [-0.39, 0.29) is 0 Å². The monoisotopic (exact) mass is 410 g/mol. The second-order valence-corrected chi connectivity index (χ2v) is 8.94. The molecule has 0 spiro atoms. The van der Waals surface area contributed by atoms with Crippen LogP contribution in [0.5, 0.6) is 5.75 Å². The highest BCUT2D eigenvalue weighted by Gasteiger charge is 2.24. The average molecular weight is 411 g/mol. The number of ether oxygens (including phenoxy) is 1. The van der Waals surface area contributed by atoms with Gasteiger partial charge in [-0.2, -0.15) is 0 Å². The standard InChI is InChI=1S/C20H18N4O2S2/c1-11-3-8-14-15(9-11)27-18-16(14)19(22-10-21-18)28-20-24-23-17(26-20)12-4-6-13(25-2)7-5-12/h4-7,10-11H,3,8-9H2,1-2H3/t11-/m1/s1. The Morgan fingerprint density at radius 2 is 2.04 bits per heavy atom. The van der Waals surface area contributed by atoms with Crippen LogP contribution in [-0.4, -0.2) is 27.3 Å². The van der Waals surface area contributed by atoms with Crippen molar-refractivity contribution in [2.45, 2.75) is 36.4 Å². The van der Waals surface area contributed by atoms with Crippen LogP contribution in [0.1, 0.15) is 23.8 Å². The fourth-order valence-electron chi connectivity index (χ4n) is 3.51. The molecular formula is C20H18N4O2S2. The fourth-order valence-corrected chi connectivity index (χ4v) is 5.71. The molecule has 1 aliphatic rings. The largest absolute Gasteiger partial charge is 0.497 e. The van der Waals surface area contributed by atoms with Gasteiger partial charge in [0.2, 0.25) is 5.89 Å². The lowest BCUT2D eigenvalue weighted by atomic mass is 9.89. The zero-order valence-corrected chi connectivity index (χ0v) is 17.1. The molecule has 3 heterocycles. The minimum absolute atomic E-state index is 0.481. The molecule has 6 nitrogen and oxygen atoms in total. The van der Waals surface area contributed by atoms with Crippen molar-refractivity contribution in [3.8, 4) is 17.2 Å². The molecule has 0 aliphatic heterocycles. The van der Waals surface area contributed by atoms with Gasteiger partial charge in [0.05, 0.1) is 7.11 Å². The highest BCUT2D eigenvalue weighted by atomic mass is 32.2. The third-order valence-corrected chi connectivity index (χ3v) is 6.99. The van der Waals surface area contributed by atoms with Gasteiger partial charge in [0, 0.05) is 15.8 Å². The van der Waals surface area contributed by atoms with E-state index in [0.29, 0.717) is 11.1 Å². The number of fused-ring (bicyclic) bond motifs is 3. The van der Waals surface area contributed by atoms with E-state index >= 15 is 0 Å². The molecule has 0 N–H and O–H groups in total. The molecule has 0 fully saturated rings. The number of hydrogen-bond acceptors (Lipinski definition) is 8. The van der Waals surface area contributed by atoms with Crippen LogP contribution in [0.4, 0.5) is 0 Å². The Kier molecular flexibility index (Phi) is 4.52. The van der Waals surface area contributed by atoms with Gasteiger partial charge in [0.25, 0.3) is 5.22 Å². The van der Waals surface area contributed by atoms with Crippen molar-refractivity contribution in [2.75, 3.05) is 7.11 Å². The molecule has 28 heavy (non-hydrogen) atoms. The zero-order chi connectivity index (χ0) is 19.1. The third kappa shape index (κ3) is 3.16. The summed E-state index contributed by atoms with van der Waals surface area (Å²) in [6.45, 7) is 2.31. The van der Waals surface area contributed by atoms with Gasteiger partial charge in [-0.3, -0.25) is 0 Å². The van der Waals surface area contributed by atoms with Crippen molar-refractivity contribution in [1.29, 1.82) is 0 Å². The molecule has 142 valence electrons. The van der Waals surface area contributed by atoms with Crippen LogP contribution < -0.4 is 4.74 Å². The Morgan fingerprint density at radius 3 is 2.86 bits per heavy atom. The van der Waals surface area contributed by atoms with E-state index in [1.54, 1.807) is 24.8 Å². The molecular weight excluding hydrogens is 392 g/mol. The minimum atomic E-state index is 0.481. The molecule has 5 rings (SSSR count). The van der Waals surface area contributed by atoms with Gasteiger partial charge in [-0.1, -0.05) is 6.92 Å². The number of aryl methyl sites for hydroxylation is 1. The van der Waals surface area contributed by atoms with Gasteiger partial charge in [-0.05, 0) is 66.8 Å². The number of nitrogens with zero attached hydrogens (tertiary/aromatic N) is 4. The first-order valence-electron chi connectivity index (χ1n) is 9.12. The second-order valence-electron chi connectivity index (χ2n) is 6.91. The predicted molar refractivity (Wildman–Crippen MR) is 109 cm³/mol. The Hall–Kier alpha value is -2.45. The average Bonchev–Trinajstić information content (AvgIpc) is 3.32. The van der Waals surface area contributed by atoms with Crippen molar-refractivity contribution in [3.05, 3.63) is 41.0 Å². The lowest BCUT2D eigenvalue weighted by Crippen LogP contribution is -2.08. The zero-order valence-electron chi connectivity index (χ0n) is 15.5. The van der Waals surface area contributed by atoms with E-state index in [1.165, 1.54) is 28.6 Å². The first kappa shape index (κ1) is 17.6. The van der Waals surface area contributed by atoms with Gasteiger partial charge in [0.1, 0.15) is 21.9 Å². The molecule has 0 saturated carbocycles. The summed E-state index contributed by atoms with van der Waals surface area (Å²) in [5, 5.41) is 10.9. The Morgan fingerprint density at radius 1 is 1.18 bits per heavy atom. The van der Waals surface area contributed by atoms with Crippen LogP contribution in [0.25, 0.3) is 21.7 Å². The first-order chi connectivity index (χ1) is 13.7. The molecule has 0 radical (unpaired) electrons. The molecule has 1 atom stereocenters. The number of methoxy groups -OCH3 is 1. The van der Waals surface area contributed by atoms with E-state index in [4.69, 9.17) is 9.15 Å². The van der Waals surface area contributed by atoms with E-state index in [0.717, 1.165) is 45.3 Å². The van der Waals surface area contributed by atoms with E-state index < -0.39 is 0 Å². The van der Waals surface area contributed by atoms with Crippen LogP contribution in [0.2, 0.25) is 0 Å². The smallest absolute Gasteiger partial charge is 0.283 e. The van der Waals surface area contributed by atoms with Crippen molar-refractivity contribution < 1.29 is 9.15 Å². The number of thiophene rings is 1. The Bertz CT molecular complexity index is 1140. The topological polar surface area (TPSA) is 73.9 Å². The van der Waals surface area contributed by atoms with Crippen LogP contribution >= 0.6 is 23.1 Å². The van der Waals surface area contributed by atoms with Gasteiger partial charge < -0.3 is 9.15 Å². The van der Waals surface area contributed by atoms with E-state index in [1.807, 2.05) is 24.3 Å². The van der Waals surface area contributed by atoms with Gasteiger partial charge in [-0.15, -0.1) is 21.5 Å². The van der Waals surface area contributed by atoms with Crippen LogP contribution in [0.3, 0.4) is 0 Å². The van der Waals surface area contributed by atoms with Crippen molar-refractivity contribution in [1.82, 2.24) is 20.2 Å². The Balaban J connectivity index is 1.47. The molecule has 0 saturated heterocycles. The van der Waals surface area contributed by atoms with Crippen molar-refractivity contribution >= 4 is 33.3 Å². The summed E-state index contributed by atoms with van der Waals surface area (Å²) >= 11 is 3.20. The maximum Gasteiger partial charge on any atom is 0.283 e. The maximum absolute atomic E-state index is 5.88. The number of rotatable bonds is 4. The van der Waals surface area contributed by atoms with Crippen LogP contribution in [0.15, 0.2) is 45.3 Å². The molecule has 0 unspecified atom stereocenters. The van der Waals surface area contributed by atoms with E-state index in [9.17, 15) is 0 Å². The van der Waals surface area contributed by atoms with Crippen LogP contribution in [-0.2, 0) is 12.8 Å². The third-order valence-electron chi connectivity index (χ3n) is 4.98. The summed E-state index contributed by atoms with van der Waals surface area (Å²) in [7, 11) is 1.64. The lowest BCUT2D eigenvalue weighted by Gasteiger charge is -2.17. The summed E-state index contributed by atoms with van der Waals surface area (Å²) in [6.07, 6.45) is 5.04. The first-order valence-corrected chi connectivity index (χ1v) is 10.8. The highest BCUT2D eigenvalue weighted by molar-refractivity contribution is 7.99. The molecule has 4 aromatic rings. The summed E-state index contributed by atoms with van der Waals surface area (Å²) in [5.74, 6) is 2.00. The predicted octanol–water partition coefficient (Wildman–Crippen LogP) is 5.03. The molecule has 8 heteroatoms. The SMILES string of the molecule is COc1ccc(-c2nnc(Sc3ncnc4sc5c(c34)CC[C@@H](C)C5)o2)cc1. The number of benzene rings is 1. The highest BCUT2D eigenvalue weighted by Crippen LogP contribution is 2.42. The fraction of sp³-hybridized carbons (Fsp3) is 0.300. The molecule has 1 aromatic carbocycles.